The molecule has 146 valence electrons. The van der Waals surface area contributed by atoms with E-state index in [0.29, 0.717) is 11.6 Å². The van der Waals surface area contributed by atoms with Crippen LogP contribution in [0.25, 0.3) is 11.2 Å². The molecule has 8 heteroatoms. The van der Waals surface area contributed by atoms with Gasteiger partial charge in [0.15, 0.2) is 5.65 Å². The van der Waals surface area contributed by atoms with E-state index in [1.54, 1.807) is 17.8 Å². The molecule has 0 atom stereocenters. The Labute approximate surface area is 162 Å². The summed E-state index contributed by atoms with van der Waals surface area (Å²) in [7, 11) is 1.78. The van der Waals surface area contributed by atoms with Gasteiger partial charge in [-0.15, -0.1) is 0 Å². The lowest BCUT2D eigenvalue weighted by molar-refractivity contribution is 0.356. The molecule has 2 aliphatic rings. The number of aryl methyl sites for hydroxylation is 2. The van der Waals surface area contributed by atoms with Gasteiger partial charge < -0.3 is 15.4 Å². The predicted molar refractivity (Wildman–Crippen MR) is 108 cm³/mol. The number of hydrogen-bond acceptors (Lipinski definition) is 6. The van der Waals surface area contributed by atoms with E-state index in [-0.39, 0.29) is 11.7 Å². The number of piperidine rings is 1. The fraction of sp³-hybridized carbons (Fsp3) is 0.450. The van der Waals surface area contributed by atoms with Crippen LogP contribution >= 0.6 is 0 Å². The highest BCUT2D eigenvalue weighted by molar-refractivity contribution is 5.73. The minimum atomic E-state index is -0.0285. The number of nitrogens with zero attached hydrogens (tertiary/aromatic N) is 4. The summed E-state index contributed by atoms with van der Waals surface area (Å²) < 4.78 is 9.11. The van der Waals surface area contributed by atoms with Gasteiger partial charge in [0.1, 0.15) is 11.3 Å². The Balaban J connectivity index is 1.55. The molecule has 0 radical (unpaired) electrons. The predicted octanol–water partition coefficient (Wildman–Crippen LogP) is 2.04. The van der Waals surface area contributed by atoms with E-state index in [1.807, 2.05) is 11.5 Å². The minimum absolute atomic E-state index is 0.0285. The third-order valence-electron chi connectivity index (χ3n) is 5.79. The van der Waals surface area contributed by atoms with Crippen molar-refractivity contribution in [3.8, 4) is 5.75 Å². The smallest absolute Gasteiger partial charge is 0.330 e. The second-order valence-electron chi connectivity index (χ2n) is 7.59. The number of rotatable bonds is 3. The maximum absolute atomic E-state index is 12.8. The van der Waals surface area contributed by atoms with Crippen molar-refractivity contribution in [1.82, 2.24) is 24.4 Å². The number of anilines is 2. The number of aromatic nitrogens is 4. The van der Waals surface area contributed by atoms with Gasteiger partial charge in [0.2, 0.25) is 5.95 Å². The number of benzene rings is 1. The first-order valence-electron chi connectivity index (χ1n) is 9.80. The van der Waals surface area contributed by atoms with Gasteiger partial charge in [-0.3, -0.25) is 9.13 Å². The highest BCUT2D eigenvalue weighted by Crippen LogP contribution is 2.32. The molecule has 0 bridgehead atoms. The maximum Gasteiger partial charge on any atom is 0.330 e. The van der Waals surface area contributed by atoms with Crippen LogP contribution in [-0.4, -0.2) is 38.8 Å². The normalized spacial score (nSPS) is 16.9. The van der Waals surface area contributed by atoms with E-state index in [1.165, 1.54) is 5.56 Å². The molecule has 5 rings (SSSR count). The van der Waals surface area contributed by atoms with Crippen molar-refractivity contribution in [1.29, 1.82) is 0 Å². The molecular formula is C20H24N6O2. The molecule has 0 aliphatic carbocycles. The fourth-order valence-corrected chi connectivity index (χ4v) is 4.17. The summed E-state index contributed by atoms with van der Waals surface area (Å²) in [6.45, 7) is 4.60. The largest absolute Gasteiger partial charge is 0.493 e. The Morgan fingerprint density at radius 1 is 1.29 bits per heavy atom. The summed E-state index contributed by atoms with van der Waals surface area (Å²) in [6, 6.07) is 4.33. The second-order valence-corrected chi connectivity index (χ2v) is 7.59. The Hall–Kier alpha value is -2.87. The van der Waals surface area contributed by atoms with Crippen LogP contribution in [0.5, 0.6) is 5.75 Å². The average molecular weight is 380 g/mol. The third kappa shape index (κ3) is 2.75. The van der Waals surface area contributed by atoms with Gasteiger partial charge in [-0.2, -0.15) is 4.98 Å². The zero-order valence-corrected chi connectivity index (χ0v) is 16.2. The molecule has 0 spiro atoms. The lowest BCUT2D eigenvalue weighted by Crippen LogP contribution is -2.34. The van der Waals surface area contributed by atoms with Crippen molar-refractivity contribution < 1.29 is 4.74 Å². The van der Waals surface area contributed by atoms with Crippen LogP contribution in [0.2, 0.25) is 0 Å². The number of hydrogen-bond donors (Lipinski definition) is 2. The molecule has 1 aromatic carbocycles. The zero-order valence-electron chi connectivity index (χ0n) is 16.2. The van der Waals surface area contributed by atoms with Gasteiger partial charge in [0.25, 0.3) is 0 Å². The summed E-state index contributed by atoms with van der Waals surface area (Å²) in [5.41, 5.74) is 4.66. The van der Waals surface area contributed by atoms with Crippen molar-refractivity contribution in [3.63, 3.8) is 0 Å². The summed E-state index contributed by atoms with van der Waals surface area (Å²) in [6.07, 6.45) is 4.50. The van der Waals surface area contributed by atoms with Gasteiger partial charge in [0.05, 0.1) is 12.8 Å². The first-order valence-corrected chi connectivity index (χ1v) is 9.80. The van der Waals surface area contributed by atoms with Crippen molar-refractivity contribution in [3.05, 3.63) is 39.9 Å². The first-order chi connectivity index (χ1) is 13.6. The van der Waals surface area contributed by atoms with Crippen LogP contribution in [0.3, 0.4) is 0 Å². The molecule has 2 N–H and O–H groups in total. The molecular weight excluding hydrogens is 356 g/mol. The highest BCUT2D eigenvalue weighted by atomic mass is 16.5. The van der Waals surface area contributed by atoms with Gasteiger partial charge in [-0.25, -0.2) is 9.78 Å². The molecule has 4 heterocycles. The van der Waals surface area contributed by atoms with Crippen LogP contribution in [0.15, 0.2) is 23.1 Å². The molecule has 2 aliphatic heterocycles. The Kier molecular flexibility index (Phi) is 4.08. The minimum Gasteiger partial charge on any atom is -0.493 e. The topological polar surface area (TPSA) is 86.0 Å². The van der Waals surface area contributed by atoms with Gasteiger partial charge in [-0.1, -0.05) is 0 Å². The van der Waals surface area contributed by atoms with Crippen molar-refractivity contribution in [2.24, 2.45) is 7.05 Å². The highest BCUT2D eigenvalue weighted by Gasteiger charge is 2.23. The summed E-state index contributed by atoms with van der Waals surface area (Å²) in [5, 5.41) is 6.69. The molecule has 8 nitrogen and oxygen atoms in total. The van der Waals surface area contributed by atoms with Crippen LogP contribution in [-0.2, 0) is 13.5 Å². The summed E-state index contributed by atoms with van der Waals surface area (Å²) in [5.74, 6) is 1.46. The monoisotopic (exact) mass is 380 g/mol. The van der Waals surface area contributed by atoms with Gasteiger partial charge >= 0.3 is 5.69 Å². The fourth-order valence-electron chi connectivity index (χ4n) is 4.17. The van der Waals surface area contributed by atoms with Gasteiger partial charge in [-0.05, 0) is 56.1 Å². The maximum atomic E-state index is 12.8. The van der Waals surface area contributed by atoms with Crippen LogP contribution in [0.1, 0.15) is 30.0 Å². The van der Waals surface area contributed by atoms with E-state index in [9.17, 15) is 4.79 Å². The van der Waals surface area contributed by atoms with Crippen molar-refractivity contribution in [2.45, 2.75) is 32.2 Å². The molecule has 0 saturated carbocycles. The lowest BCUT2D eigenvalue weighted by Gasteiger charge is -2.23. The lowest BCUT2D eigenvalue weighted by atomic mass is 10.1. The number of ether oxygens (including phenoxy) is 1. The standard InChI is InChI=1S/C20H24N6O2/c1-12-9-17-13(5-8-28-17)10-15(12)23-19-22-11-16-18(24-19)26(20(27)25(16)2)14-3-6-21-7-4-14/h9-11,14,21H,3-8H2,1-2H3,(H,22,23,24). The number of fused-ring (bicyclic) bond motifs is 2. The summed E-state index contributed by atoms with van der Waals surface area (Å²) in [4.78, 5) is 22.0. The number of nitrogens with one attached hydrogen (secondary N) is 2. The second kappa shape index (κ2) is 6.63. The molecule has 3 aromatic rings. The summed E-state index contributed by atoms with van der Waals surface area (Å²) >= 11 is 0. The average Bonchev–Trinajstić information content (AvgIpc) is 3.25. The molecule has 2 aromatic heterocycles. The van der Waals surface area contributed by atoms with Crippen molar-refractivity contribution in [2.75, 3.05) is 25.0 Å². The van der Waals surface area contributed by atoms with Crippen LogP contribution in [0, 0.1) is 6.92 Å². The van der Waals surface area contributed by atoms with E-state index in [2.05, 4.69) is 27.8 Å². The number of imidazole rings is 1. The Bertz CT molecular complexity index is 1110. The zero-order chi connectivity index (χ0) is 19.3. The Morgan fingerprint density at radius 3 is 2.93 bits per heavy atom. The molecule has 1 saturated heterocycles. The van der Waals surface area contributed by atoms with Crippen LogP contribution < -0.4 is 21.1 Å². The van der Waals surface area contributed by atoms with E-state index >= 15 is 0 Å². The third-order valence-corrected chi connectivity index (χ3v) is 5.79. The van der Waals surface area contributed by atoms with Crippen LogP contribution in [0.4, 0.5) is 11.6 Å². The van der Waals surface area contributed by atoms with E-state index in [0.717, 1.165) is 61.5 Å². The van der Waals surface area contributed by atoms with E-state index in [4.69, 9.17) is 9.72 Å². The Morgan fingerprint density at radius 2 is 2.11 bits per heavy atom. The quantitative estimate of drug-likeness (QED) is 0.723. The van der Waals surface area contributed by atoms with E-state index < -0.39 is 0 Å². The molecule has 0 amide bonds. The van der Waals surface area contributed by atoms with Crippen molar-refractivity contribution >= 4 is 22.8 Å². The molecule has 0 unspecified atom stereocenters. The molecule has 1 fully saturated rings. The molecule has 28 heavy (non-hydrogen) atoms. The SMILES string of the molecule is Cc1cc2c(cc1Nc1ncc3c(n1)n(C1CCNCC1)c(=O)n3C)CCO2. The van der Waals surface area contributed by atoms with Gasteiger partial charge in [0, 0.05) is 25.2 Å². The first kappa shape index (κ1) is 17.2.